The van der Waals surface area contributed by atoms with Crippen molar-refractivity contribution in [3.8, 4) is 0 Å². The second kappa shape index (κ2) is 16.0. The molecule has 0 aromatic rings. The Bertz CT molecular complexity index is 458. The second-order valence-corrected chi connectivity index (χ2v) is 5.40. The number of allylic oxidation sites excluding steroid dienone is 8. The molecule has 0 aliphatic carbocycles. The minimum absolute atomic E-state index is 0.0922. The maximum atomic E-state index is 10.3. The monoisotopic (exact) mass is 334 g/mol. The molecule has 0 fully saturated rings. The zero-order valence-electron chi connectivity index (χ0n) is 14.4. The Morgan fingerprint density at radius 3 is 1.92 bits per heavy atom. The Kier molecular flexibility index (Phi) is 14.7. The lowest BCUT2D eigenvalue weighted by atomic mass is 10.1. The molecule has 0 bridgehead atoms. The van der Waals surface area contributed by atoms with Crippen molar-refractivity contribution >= 4 is 5.97 Å². The molecule has 0 aliphatic heterocycles. The van der Waals surface area contributed by atoms with E-state index < -0.39 is 12.1 Å². The third-order valence-electron chi connectivity index (χ3n) is 3.18. The van der Waals surface area contributed by atoms with Crippen LogP contribution in [-0.4, -0.2) is 33.5 Å². The Morgan fingerprint density at radius 1 is 0.875 bits per heavy atom. The molecule has 0 radical (unpaired) electrons. The number of carboxylic acid groups (broad SMARTS) is 1. The van der Waals surface area contributed by atoms with Gasteiger partial charge in [-0.15, -0.1) is 0 Å². The molecule has 2 unspecified atom stereocenters. The maximum Gasteiger partial charge on any atom is 0.303 e. The van der Waals surface area contributed by atoms with Crippen LogP contribution >= 0.6 is 0 Å². The van der Waals surface area contributed by atoms with E-state index in [1.54, 1.807) is 18.2 Å². The van der Waals surface area contributed by atoms with Crippen molar-refractivity contribution in [2.24, 2.45) is 0 Å². The number of hydrogen-bond donors (Lipinski definition) is 3. The molecular formula is C20H30O4. The molecule has 0 aliphatic rings. The van der Waals surface area contributed by atoms with Gasteiger partial charge in [0.1, 0.15) is 0 Å². The summed E-state index contributed by atoms with van der Waals surface area (Å²) in [7, 11) is 0. The van der Waals surface area contributed by atoms with Crippen molar-refractivity contribution in [2.45, 2.75) is 57.7 Å². The molecule has 0 aromatic heterocycles. The Balaban J connectivity index is 3.73. The van der Waals surface area contributed by atoms with Crippen LogP contribution in [0.5, 0.6) is 0 Å². The fraction of sp³-hybridized carbons (Fsp3) is 0.450. The number of carbonyl (C=O) groups is 1. The number of aliphatic carboxylic acids is 1. The van der Waals surface area contributed by atoms with Crippen molar-refractivity contribution in [3.05, 3.63) is 60.8 Å². The molecule has 0 saturated heterocycles. The standard InChI is InChI=1S/C20H30O4/c1-2-18(21)14-11-9-7-5-3-4-6-8-10-12-15-19(22)16-13-17-20(23)24/h3-4,7-12,14-15,18-19,21-22H,2,5-6,13,16-17H2,1H3,(H,23,24)/b4-3-,9-7-,10-8-,14-11+,15-12+. The number of rotatable bonds is 13. The third-order valence-corrected chi connectivity index (χ3v) is 3.18. The quantitative estimate of drug-likeness (QED) is 0.352. The van der Waals surface area contributed by atoms with E-state index in [0.29, 0.717) is 12.8 Å². The van der Waals surface area contributed by atoms with Crippen LogP contribution in [0.2, 0.25) is 0 Å². The molecule has 24 heavy (non-hydrogen) atoms. The first-order valence-corrected chi connectivity index (χ1v) is 8.45. The average molecular weight is 334 g/mol. The van der Waals surface area contributed by atoms with Gasteiger partial charge in [0, 0.05) is 6.42 Å². The molecule has 2 atom stereocenters. The highest BCUT2D eigenvalue weighted by Crippen LogP contribution is 2.02. The summed E-state index contributed by atoms with van der Waals surface area (Å²) in [5, 5.41) is 27.4. The van der Waals surface area contributed by atoms with Gasteiger partial charge in [-0.2, -0.15) is 0 Å². The van der Waals surface area contributed by atoms with E-state index >= 15 is 0 Å². The van der Waals surface area contributed by atoms with Gasteiger partial charge in [0.15, 0.2) is 0 Å². The van der Waals surface area contributed by atoms with E-state index in [9.17, 15) is 15.0 Å². The predicted octanol–water partition coefficient (Wildman–Crippen LogP) is 3.93. The molecule has 0 amide bonds. The van der Waals surface area contributed by atoms with Crippen LogP contribution in [0.1, 0.15) is 45.4 Å². The summed E-state index contributed by atoms with van der Waals surface area (Å²) in [4.78, 5) is 10.3. The van der Waals surface area contributed by atoms with E-state index in [0.717, 1.165) is 19.3 Å². The van der Waals surface area contributed by atoms with Crippen molar-refractivity contribution in [1.82, 2.24) is 0 Å². The first-order chi connectivity index (χ1) is 11.6. The van der Waals surface area contributed by atoms with E-state index in [2.05, 4.69) is 12.2 Å². The predicted molar refractivity (Wildman–Crippen MR) is 98.7 cm³/mol. The van der Waals surface area contributed by atoms with Crippen LogP contribution in [0.15, 0.2) is 60.8 Å². The van der Waals surface area contributed by atoms with E-state index in [1.165, 1.54) is 0 Å². The van der Waals surface area contributed by atoms with Crippen molar-refractivity contribution in [3.63, 3.8) is 0 Å². The summed E-state index contributed by atoms with van der Waals surface area (Å²) in [6.07, 6.45) is 21.5. The van der Waals surface area contributed by atoms with Gasteiger partial charge in [-0.25, -0.2) is 0 Å². The molecule has 134 valence electrons. The summed E-state index contributed by atoms with van der Waals surface area (Å²) in [5.41, 5.74) is 0. The van der Waals surface area contributed by atoms with Crippen LogP contribution < -0.4 is 0 Å². The number of hydrogen-bond acceptors (Lipinski definition) is 3. The van der Waals surface area contributed by atoms with Crippen molar-refractivity contribution in [1.29, 1.82) is 0 Å². The fourth-order valence-corrected chi connectivity index (χ4v) is 1.74. The van der Waals surface area contributed by atoms with Gasteiger partial charge in [-0.3, -0.25) is 4.79 Å². The largest absolute Gasteiger partial charge is 0.481 e. The third kappa shape index (κ3) is 16.5. The van der Waals surface area contributed by atoms with Gasteiger partial charge in [-0.1, -0.05) is 67.7 Å². The highest BCUT2D eigenvalue weighted by atomic mass is 16.4. The summed E-state index contributed by atoms with van der Waals surface area (Å²) in [5.74, 6) is -0.831. The highest BCUT2D eigenvalue weighted by molar-refractivity contribution is 5.66. The smallest absolute Gasteiger partial charge is 0.303 e. The summed E-state index contributed by atoms with van der Waals surface area (Å²) in [6, 6.07) is 0. The van der Waals surface area contributed by atoms with Crippen LogP contribution in [0.3, 0.4) is 0 Å². The van der Waals surface area contributed by atoms with Crippen LogP contribution in [-0.2, 0) is 4.79 Å². The lowest BCUT2D eigenvalue weighted by Crippen LogP contribution is -2.03. The SMILES string of the molecule is CCC(O)/C=C/C=C\C/C=C\C/C=C\C=C\C(O)CCCC(=O)O. The topological polar surface area (TPSA) is 77.8 Å². The Morgan fingerprint density at radius 2 is 1.42 bits per heavy atom. The molecule has 3 N–H and O–H groups in total. The summed E-state index contributed by atoms with van der Waals surface area (Å²) >= 11 is 0. The lowest BCUT2D eigenvalue weighted by molar-refractivity contribution is -0.137. The number of aliphatic hydroxyl groups excluding tert-OH is 2. The minimum atomic E-state index is -0.831. The highest BCUT2D eigenvalue weighted by Gasteiger charge is 2.01. The first-order valence-electron chi connectivity index (χ1n) is 8.45. The van der Waals surface area contributed by atoms with Crippen LogP contribution in [0.4, 0.5) is 0 Å². The zero-order valence-corrected chi connectivity index (χ0v) is 14.4. The molecular weight excluding hydrogens is 304 g/mol. The van der Waals surface area contributed by atoms with Crippen molar-refractivity contribution in [2.75, 3.05) is 0 Å². The first kappa shape index (κ1) is 22.1. The normalized spacial score (nSPS) is 15.5. The average Bonchev–Trinajstić information content (AvgIpc) is 2.55. The van der Waals surface area contributed by atoms with Gasteiger partial charge in [0.05, 0.1) is 12.2 Å². The second-order valence-electron chi connectivity index (χ2n) is 5.40. The molecule has 4 heteroatoms. The maximum absolute atomic E-state index is 10.3. The molecule has 0 rings (SSSR count). The van der Waals surface area contributed by atoms with E-state index in [1.807, 2.05) is 37.3 Å². The molecule has 4 nitrogen and oxygen atoms in total. The Labute approximate surface area is 145 Å². The molecule has 0 aromatic carbocycles. The number of carboxylic acids is 1. The van der Waals surface area contributed by atoms with Gasteiger partial charge in [-0.05, 0) is 32.1 Å². The fourth-order valence-electron chi connectivity index (χ4n) is 1.74. The summed E-state index contributed by atoms with van der Waals surface area (Å²) in [6.45, 7) is 1.93. The van der Waals surface area contributed by atoms with Crippen LogP contribution in [0.25, 0.3) is 0 Å². The molecule has 0 spiro atoms. The van der Waals surface area contributed by atoms with Gasteiger partial charge in [0.25, 0.3) is 0 Å². The van der Waals surface area contributed by atoms with Crippen molar-refractivity contribution < 1.29 is 20.1 Å². The zero-order chi connectivity index (χ0) is 18.0. The molecule has 0 heterocycles. The minimum Gasteiger partial charge on any atom is -0.481 e. The Hall–Kier alpha value is -1.91. The van der Waals surface area contributed by atoms with E-state index in [-0.39, 0.29) is 12.5 Å². The van der Waals surface area contributed by atoms with Gasteiger partial charge < -0.3 is 15.3 Å². The van der Waals surface area contributed by atoms with Gasteiger partial charge >= 0.3 is 5.97 Å². The van der Waals surface area contributed by atoms with Gasteiger partial charge in [0.2, 0.25) is 0 Å². The van der Waals surface area contributed by atoms with E-state index in [4.69, 9.17) is 5.11 Å². The van der Waals surface area contributed by atoms with Crippen LogP contribution in [0, 0.1) is 0 Å². The molecule has 0 saturated carbocycles. The lowest BCUT2D eigenvalue weighted by Gasteiger charge is -2.02. The number of aliphatic hydroxyl groups is 2. The summed E-state index contributed by atoms with van der Waals surface area (Å²) < 4.78 is 0.